The summed E-state index contributed by atoms with van der Waals surface area (Å²) in [6.45, 7) is 2.79. The summed E-state index contributed by atoms with van der Waals surface area (Å²) in [6, 6.07) is 2.04. The molecule has 0 unspecified atom stereocenters. The van der Waals surface area contributed by atoms with Crippen LogP contribution in [0.15, 0.2) is 20.6 Å². The minimum atomic E-state index is -0.481. The molecule has 0 spiro atoms. The van der Waals surface area contributed by atoms with Gasteiger partial charge in [0.15, 0.2) is 5.96 Å². The van der Waals surface area contributed by atoms with Crippen molar-refractivity contribution in [2.24, 2.45) is 10.9 Å². The van der Waals surface area contributed by atoms with E-state index >= 15 is 0 Å². The van der Waals surface area contributed by atoms with E-state index in [1.165, 1.54) is 6.07 Å². The minimum Gasteiger partial charge on any atom is -0.393 e. The Hall–Kier alpha value is -2.09. The predicted octanol–water partition coefficient (Wildman–Crippen LogP) is -1.22. The van der Waals surface area contributed by atoms with Crippen molar-refractivity contribution >= 4 is 5.96 Å². The Labute approximate surface area is 132 Å². The topological polar surface area (TPSA) is 114 Å². The molecule has 5 atom stereocenters. The molecule has 1 aromatic rings. The summed E-state index contributed by atoms with van der Waals surface area (Å²) in [5.74, 6) is 1.11. The molecule has 3 aliphatic rings. The molecule has 2 saturated heterocycles. The Morgan fingerprint density at radius 1 is 1.35 bits per heavy atom. The van der Waals surface area contributed by atoms with Crippen molar-refractivity contribution in [3.63, 3.8) is 0 Å². The van der Waals surface area contributed by atoms with E-state index in [0.29, 0.717) is 18.7 Å². The first-order chi connectivity index (χ1) is 11.0. The maximum absolute atomic E-state index is 11.4. The highest BCUT2D eigenvalue weighted by molar-refractivity contribution is 5.83. The minimum absolute atomic E-state index is 0.0896. The van der Waals surface area contributed by atoms with Crippen LogP contribution >= 0.6 is 0 Å². The first-order valence-corrected chi connectivity index (χ1v) is 8.11. The highest BCUT2D eigenvalue weighted by Crippen LogP contribution is 2.35. The lowest BCUT2D eigenvalue weighted by Gasteiger charge is -2.49. The Bertz CT molecular complexity index is 726. The molecule has 8 nitrogen and oxygen atoms in total. The van der Waals surface area contributed by atoms with Crippen LogP contribution in [0.2, 0.25) is 0 Å². The largest absolute Gasteiger partial charge is 0.393 e. The van der Waals surface area contributed by atoms with Gasteiger partial charge in [0.05, 0.1) is 18.7 Å². The lowest BCUT2D eigenvalue weighted by molar-refractivity contribution is -0.0113. The average molecular weight is 319 g/mol. The van der Waals surface area contributed by atoms with Crippen LogP contribution in [0.1, 0.15) is 25.5 Å². The van der Waals surface area contributed by atoms with Crippen LogP contribution in [0, 0.1) is 5.92 Å². The Balaban J connectivity index is 1.55. The van der Waals surface area contributed by atoms with Crippen molar-refractivity contribution < 1.29 is 5.11 Å². The highest BCUT2D eigenvalue weighted by atomic mass is 16.3. The number of guanidine groups is 1. The zero-order valence-electron chi connectivity index (χ0n) is 13.0. The average Bonchev–Trinajstić information content (AvgIpc) is 2.88. The van der Waals surface area contributed by atoms with Crippen LogP contribution in [0.4, 0.5) is 0 Å². The summed E-state index contributed by atoms with van der Waals surface area (Å²) in [7, 11) is 0. The molecule has 0 saturated carbocycles. The van der Waals surface area contributed by atoms with Gasteiger partial charge in [-0.05, 0) is 12.8 Å². The molecule has 4 rings (SSSR count). The molecular formula is C15H21N5O3. The first-order valence-electron chi connectivity index (χ1n) is 8.11. The Morgan fingerprint density at radius 3 is 2.96 bits per heavy atom. The maximum Gasteiger partial charge on any atom is 0.325 e. The van der Waals surface area contributed by atoms with Crippen LogP contribution in [0.25, 0.3) is 0 Å². The fraction of sp³-hybridized carbons (Fsp3) is 0.667. The molecule has 4 N–H and O–H groups in total. The molecule has 0 bridgehead atoms. The van der Waals surface area contributed by atoms with E-state index in [0.717, 1.165) is 18.8 Å². The number of aliphatic hydroxyl groups is 1. The monoisotopic (exact) mass is 319 g/mol. The second-order valence-corrected chi connectivity index (χ2v) is 6.85. The van der Waals surface area contributed by atoms with Gasteiger partial charge in [0.25, 0.3) is 5.56 Å². The van der Waals surface area contributed by atoms with Gasteiger partial charge in [-0.15, -0.1) is 0 Å². The van der Waals surface area contributed by atoms with E-state index in [-0.39, 0.29) is 35.7 Å². The van der Waals surface area contributed by atoms with E-state index in [9.17, 15) is 14.7 Å². The Kier molecular flexibility index (Phi) is 3.29. The molecule has 0 amide bonds. The number of aliphatic imine (C=N–C) groups is 1. The number of nitrogens with zero attached hydrogens (tertiary/aromatic N) is 2. The van der Waals surface area contributed by atoms with Gasteiger partial charge in [0.1, 0.15) is 0 Å². The van der Waals surface area contributed by atoms with Gasteiger partial charge in [0, 0.05) is 36.2 Å². The Morgan fingerprint density at radius 2 is 2.17 bits per heavy atom. The zero-order valence-corrected chi connectivity index (χ0v) is 13.0. The van der Waals surface area contributed by atoms with Gasteiger partial charge in [-0.2, -0.15) is 0 Å². The van der Waals surface area contributed by atoms with Crippen molar-refractivity contribution in [3.05, 3.63) is 32.6 Å². The fourth-order valence-electron chi connectivity index (χ4n) is 4.16. The van der Waals surface area contributed by atoms with Crippen LogP contribution < -0.4 is 16.6 Å². The van der Waals surface area contributed by atoms with Gasteiger partial charge in [-0.3, -0.25) is 14.8 Å². The van der Waals surface area contributed by atoms with Crippen LogP contribution in [-0.4, -0.2) is 56.7 Å². The number of H-pyrrole nitrogens is 2. The molecule has 23 heavy (non-hydrogen) atoms. The number of aliphatic hydroxyl groups excluding tert-OH is 1. The van der Waals surface area contributed by atoms with Gasteiger partial charge in [0.2, 0.25) is 0 Å². The van der Waals surface area contributed by atoms with Gasteiger partial charge < -0.3 is 20.3 Å². The number of rotatable bonds is 2. The quantitative estimate of drug-likeness (QED) is 0.545. The zero-order chi connectivity index (χ0) is 16.1. The summed E-state index contributed by atoms with van der Waals surface area (Å²) in [5, 5.41) is 13.7. The molecular weight excluding hydrogens is 298 g/mol. The standard InChI is InChI=1S/C15H21N5O3/c1-7-11-6-16-14-17-8(3-10(20(11)14)5-12(7)21)2-9-4-13(22)19-15(23)18-9/h4,7-8,10-12,21H,2-3,5-6H2,1H3,(H,16,17)(H2,18,19,22,23)/t7-,8-,10+,11-,12+/m1/s1. The lowest BCUT2D eigenvalue weighted by Crippen LogP contribution is -2.64. The fourth-order valence-corrected chi connectivity index (χ4v) is 4.16. The van der Waals surface area contributed by atoms with E-state index in [1.54, 1.807) is 0 Å². The molecule has 0 radical (unpaired) electrons. The van der Waals surface area contributed by atoms with Gasteiger partial charge >= 0.3 is 5.69 Å². The molecule has 8 heteroatoms. The predicted molar refractivity (Wildman–Crippen MR) is 84.4 cm³/mol. The normalized spacial score (nSPS) is 35.5. The second-order valence-electron chi connectivity index (χ2n) is 6.85. The van der Waals surface area contributed by atoms with Crippen LogP contribution in [0.5, 0.6) is 0 Å². The smallest absolute Gasteiger partial charge is 0.325 e. The van der Waals surface area contributed by atoms with E-state index in [2.05, 4.69) is 32.1 Å². The van der Waals surface area contributed by atoms with Crippen LogP contribution in [-0.2, 0) is 6.42 Å². The maximum atomic E-state index is 11.4. The summed E-state index contributed by atoms with van der Waals surface area (Å²) in [5.41, 5.74) is -0.254. The SMILES string of the molecule is C[C@@H]1[C@H]2CN=C3N[C@H](Cc4cc(=O)[nH]c(=O)[nH]4)C[C@@H](C[C@@H]1O)N32. The summed E-state index contributed by atoms with van der Waals surface area (Å²) in [6.07, 6.45) is 1.85. The number of piperidine rings is 1. The number of aromatic amines is 2. The molecule has 2 fully saturated rings. The third kappa shape index (κ3) is 2.46. The number of nitrogens with one attached hydrogen (secondary N) is 3. The van der Waals surface area contributed by atoms with Crippen molar-refractivity contribution in [1.82, 2.24) is 20.2 Å². The van der Waals surface area contributed by atoms with Gasteiger partial charge in [-0.1, -0.05) is 6.92 Å². The third-order valence-corrected chi connectivity index (χ3v) is 5.32. The van der Waals surface area contributed by atoms with E-state index in [1.807, 2.05) is 0 Å². The van der Waals surface area contributed by atoms with Crippen molar-refractivity contribution in [1.29, 1.82) is 0 Å². The van der Waals surface area contributed by atoms with Crippen molar-refractivity contribution in [2.45, 2.75) is 50.4 Å². The van der Waals surface area contributed by atoms with Gasteiger partial charge in [-0.25, -0.2) is 4.79 Å². The van der Waals surface area contributed by atoms with Crippen molar-refractivity contribution in [3.8, 4) is 0 Å². The molecule has 0 aromatic carbocycles. The third-order valence-electron chi connectivity index (χ3n) is 5.32. The number of aromatic nitrogens is 2. The summed E-state index contributed by atoms with van der Waals surface area (Å²) >= 11 is 0. The van der Waals surface area contributed by atoms with E-state index in [4.69, 9.17) is 0 Å². The molecule has 0 aliphatic carbocycles. The van der Waals surface area contributed by atoms with Crippen LogP contribution in [0.3, 0.4) is 0 Å². The highest BCUT2D eigenvalue weighted by Gasteiger charge is 2.47. The second kappa shape index (κ2) is 5.23. The van der Waals surface area contributed by atoms with E-state index < -0.39 is 5.69 Å². The molecule has 3 aliphatic heterocycles. The molecule has 124 valence electrons. The molecule has 1 aromatic heterocycles. The number of hydrogen-bond donors (Lipinski definition) is 4. The van der Waals surface area contributed by atoms with Crippen molar-refractivity contribution in [2.75, 3.05) is 6.54 Å². The summed E-state index contributed by atoms with van der Waals surface area (Å²) < 4.78 is 0. The number of hydrogen-bond acceptors (Lipinski definition) is 6. The summed E-state index contributed by atoms with van der Waals surface area (Å²) in [4.78, 5) is 34.6. The first kappa shape index (κ1) is 14.5. The molecule has 4 heterocycles. The lowest BCUT2D eigenvalue weighted by atomic mass is 9.81.